The van der Waals surface area contributed by atoms with Crippen molar-refractivity contribution in [1.29, 1.82) is 0 Å². The summed E-state index contributed by atoms with van der Waals surface area (Å²) >= 11 is 0. The van der Waals surface area contributed by atoms with Gasteiger partial charge >= 0.3 is 11.9 Å². The Morgan fingerprint density at radius 3 is 2.42 bits per heavy atom. The third kappa shape index (κ3) is 3.08. The highest BCUT2D eigenvalue weighted by molar-refractivity contribution is 5.71. The highest BCUT2D eigenvalue weighted by atomic mass is 16.6. The third-order valence-corrected chi connectivity index (χ3v) is 4.14. The van der Waals surface area contributed by atoms with E-state index in [9.17, 15) is 9.59 Å². The van der Waals surface area contributed by atoms with Gasteiger partial charge in [-0.2, -0.15) is 0 Å². The number of fused-ring (bicyclic) bond motifs is 2. The fourth-order valence-electron chi connectivity index (χ4n) is 3.12. The SMILES string of the molecule is CC(=O)O[C@H]1C[C@@H]2C[C@H](OC(=O)C(C)C)[C@H](C1)N2C. The van der Waals surface area contributed by atoms with Crippen molar-refractivity contribution >= 4 is 11.9 Å². The van der Waals surface area contributed by atoms with Gasteiger partial charge in [-0.1, -0.05) is 13.8 Å². The van der Waals surface area contributed by atoms with Crippen LogP contribution < -0.4 is 0 Å². The molecule has 2 rings (SSSR count). The number of nitrogens with zero attached hydrogens (tertiary/aromatic N) is 1. The molecule has 0 aromatic rings. The van der Waals surface area contributed by atoms with E-state index in [1.54, 1.807) is 0 Å². The Balaban J connectivity index is 1.99. The quantitative estimate of drug-likeness (QED) is 0.724. The number of carbonyl (C=O) groups excluding carboxylic acids is 2. The number of carbonyl (C=O) groups is 2. The van der Waals surface area contributed by atoms with Gasteiger partial charge in [-0.05, 0) is 7.05 Å². The molecule has 0 saturated carbocycles. The van der Waals surface area contributed by atoms with E-state index in [0.29, 0.717) is 6.04 Å². The fourth-order valence-corrected chi connectivity index (χ4v) is 3.12. The average molecular weight is 269 g/mol. The number of hydrogen-bond donors (Lipinski definition) is 0. The minimum absolute atomic E-state index is 0.0357. The monoisotopic (exact) mass is 269 g/mol. The zero-order valence-corrected chi connectivity index (χ0v) is 12.1. The summed E-state index contributed by atoms with van der Waals surface area (Å²) in [6.07, 6.45) is 2.33. The van der Waals surface area contributed by atoms with Crippen LogP contribution in [0.5, 0.6) is 0 Å². The van der Waals surface area contributed by atoms with Crippen LogP contribution in [0, 0.1) is 5.92 Å². The predicted octanol–water partition coefficient (Wildman–Crippen LogP) is 1.35. The summed E-state index contributed by atoms with van der Waals surface area (Å²) in [5.74, 6) is -0.477. The average Bonchev–Trinajstić information content (AvgIpc) is 2.48. The van der Waals surface area contributed by atoms with Crippen molar-refractivity contribution in [1.82, 2.24) is 4.90 Å². The van der Waals surface area contributed by atoms with Crippen LogP contribution in [0.15, 0.2) is 0 Å². The molecule has 19 heavy (non-hydrogen) atoms. The van der Waals surface area contributed by atoms with E-state index in [0.717, 1.165) is 19.3 Å². The first kappa shape index (κ1) is 14.3. The molecule has 108 valence electrons. The minimum atomic E-state index is -0.232. The molecule has 2 saturated heterocycles. The van der Waals surface area contributed by atoms with Crippen molar-refractivity contribution in [3.05, 3.63) is 0 Å². The molecular formula is C14H23NO4. The maximum Gasteiger partial charge on any atom is 0.308 e. The van der Waals surface area contributed by atoms with Gasteiger partial charge in [0.1, 0.15) is 12.2 Å². The molecular weight excluding hydrogens is 246 g/mol. The van der Waals surface area contributed by atoms with Gasteiger partial charge in [0.25, 0.3) is 0 Å². The topological polar surface area (TPSA) is 55.8 Å². The molecule has 2 aliphatic rings. The Labute approximate surface area is 114 Å². The van der Waals surface area contributed by atoms with E-state index >= 15 is 0 Å². The van der Waals surface area contributed by atoms with Crippen molar-refractivity contribution in [3.63, 3.8) is 0 Å². The molecule has 0 radical (unpaired) electrons. The largest absolute Gasteiger partial charge is 0.462 e. The van der Waals surface area contributed by atoms with Crippen molar-refractivity contribution in [2.45, 2.75) is 64.3 Å². The third-order valence-electron chi connectivity index (χ3n) is 4.14. The van der Waals surface area contributed by atoms with Crippen molar-refractivity contribution in [3.8, 4) is 0 Å². The van der Waals surface area contributed by atoms with E-state index in [4.69, 9.17) is 9.47 Å². The summed E-state index contributed by atoms with van der Waals surface area (Å²) in [6, 6.07) is 0.513. The van der Waals surface area contributed by atoms with E-state index in [1.807, 2.05) is 13.8 Å². The summed E-state index contributed by atoms with van der Waals surface area (Å²) in [4.78, 5) is 25.0. The van der Waals surface area contributed by atoms with Crippen LogP contribution >= 0.6 is 0 Å². The van der Waals surface area contributed by atoms with Gasteiger partial charge in [-0.3, -0.25) is 14.5 Å². The van der Waals surface area contributed by atoms with Crippen LogP contribution in [0.25, 0.3) is 0 Å². The second-order valence-corrected chi connectivity index (χ2v) is 5.96. The molecule has 0 aliphatic carbocycles. The van der Waals surface area contributed by atoms with Crippen LogP contribution in [0.2, 0.25) is 0 Å². The number of ether oxygens (including phenoxy) is 2. The smallest absolute Gasteiger partial charge is 0.308 e. The zero-order chi connectivity index (χ0) is 14.2. The highest BCUT2D eigenvalue weighted by Crippen LogP contribution is 2.37. The predicted molar refractivity (Wildman–Crippen MR) is 69.5 cm³/mol. The molecule has 2 fully saturated rings. The zero-order valence-electron chi connectivity index (χ0n) is 12.1. The van der Waals surface area contributed by atoms with E-state index in [-0.39, 0.29) is 36.1 Å². The molecule has 5 heteroatoms. The first-order chi connectivity index (χ1) is 8.88. The van der Waals surface area contributed by atoms with Gasteiger partial charge in [-0.15, -0.1) is 0 Å². The lowest BCUT2D eigenvalue weighted by atomic mass is 10.0. The number of esters is 2. The van der Waals surface area contributed by atoms with E-state index in [1.165, 1.54) is 6.92 Å². The van der Waals surface area contributed by atoms with E-state index < -0.39 is 0 Å². The van der Waals surface area contributed by atoms with Gasteiger partial charge in [-0.25, -0.2) is 0 Å². The number of piperidine rings is 1. The molecule has 5 nitrogen and oxygen atoms in total. The Morgan fingerprint density at radius 1 is 1.16 bits per heavy atom. The second-order valence-electron chi connectivity index (χ2n) is 5.96. The number of likely N-dealkylation sites (N-methyl/N-ethyl adjacent to an activating group) is 1. The van der Waals surface area contributed by atoms with Gasteiger partial charge in [0.15, 0.2) is 0 Å². The van der Waals surface area contributed by atoms with Gasteiger partial charge < -0.3 is 9.47 Å². The fraction of sp³-hybridized carbons (Fsp3) is 0.857. The highest BCUT2D eigenvalue weighted by Gasteiger charge is 2.47. The summed E-state index contributed by atoms with van der Waals surface area (Å²) in [7, 11) is 2.06. The molecule has 4 atom stereocenters. The second kappa shape index (κ2) is 5.49. The molecule has 0 amide bonds. The molecule has 0 N–H and O–H groups in total. The summed E-state index contributed by atoms with van der Waals surface area (Å²) in [6.45, 7) is 5.13. The Bertz CT molecular complexity index is 368. The molecule has 2 aliphatic heterocycles. The minimum Gasteiger partial charge on any atom is -0.462 e. The first-order valence-electron chi connectivity index (χ1n) is 6.98. The van der Waals surface area contributed by atoms with Crippen LogP contribution in [0.1, 0.15) is 40.0 Å². The van der Waals surface area contributed by atoms with Gasteiger partial charge in [0, 0.05) is 32.2 Å². The van der Waals surface area contributed by atoms with Crippen molar-refractivity contribution in [2.24, 2.45) is 5.92 Å². The number of rotatable bonds is 3. The lowest BCUT2D eigenvalue weighted by Crippen LogP contribution is -2.46. The first-order valence-corrected chi connectivity index (χ1v) is 6.98. The van der Waals surface area contributed by atoms with Crippen LogP contribution in [0.3, 0.4) is 0 Å². The number of hydrogen-bond acceptors (Lipinski definition) is 5. The molecule has 0 aromatic carbocycles. The molecule has 0 aromatic heterocycles. The van der Waals surface area contributed by atoms with Crippen LogP contribution in [-0.2, 0) is 19.1 Å². The Morgan fingerprint density at radius 2 is 1.84 bits per heavy atom. The van der Waals surface area contributed by atoms with Gasteiger partial charge in [0.05, 0.1) is 12.0 Å². The summed E-state index contributed by atoms with van der Waals surface area (Å²) in [5.41, 5.74) is 0. The summed E-state index contributed by atoms with van der Waals surface area (Å²) < 4.78 is 10.9. The van der Waals surface area contributed by atoms with Crippen molar-refractivity contribution < 1.29 is 19.1 Å². The maximum absolute atomic E-state index is 11.7. The van der Waals surface area contributed by atoms with E-state index in [2.05, 4.69) is 11.9 Å². The molecule has 2 bridgehead atoms. The lowest BCUT2D eigenvalue weighted by molar-refractivity contribution is -0.157. The normalized spacial score (nSPS) is 34.4. The summed E-state index contributed by atoms with van der Waals surface area (Å²) in [5, 5.41) is 0. The van der Waals surface area contributed by atoms with Crippen LogP contribution in [-0.4, -0.2) is 48.2 Å². The molecule has 2 heterocycles. The Hall–Kier alpha value is -1.10. The molecule has 0 spiro atoms. The standard InChI is InChI=1S/C14H23NO4/c1-8(2)14(17)19-13-6-10-5-11(18-9(3)16)7-12(13)15(10)4/h8,10-13H,5-7H2,1-4H3/t10-,11+,12+,13+/m1/s1. The Kier molecular flexibility index (Phi) is 4.13. The maximum atomic E-state index is 11.7. The van der Waals surface area contributed by atoms with Crippen molar-refractivity contribution in [2.75, 3.05) is 7.05 Å². The lowest BCUT2D eigenvalue weighted by Gasteiger charge is -2.36. The van der Waals surface area contributed by atoms with Gasteiger partial charge in [0.2, 0.25) is 0 Å². The van der Waals surface area contributed by atoms with Crippen LogP contribution in [0.4, 0.5) is 0 Å². The molecule has 0 unspecified atom stereocenters.